The first kappa shape index (κ1) is 17.2. The van der Waals surface area contributed by atoms with E-state index in [2.05, 4.69) is 47.5 Å². The van der Waals surface area contributed by atoms with Crippen LogP contribution in [0.1, 0.15) is 25.3 Å². The molecule has 132 valence electrons. The average molecular weight is 331 g/mol. The number of nitrogens with one attached hydrogen (secondary N) is 1. The van der Waals surface area contributed by atoms with Crippen LogP contribution in [0.15, 0.2) is 30.3 Å². The topological polar surface area (TPSA) is 44.8 Å². The van der Waals surface area contributed by atoms with E-state index in [4.69, 9.17) is 4.74 Å². The lowest BCUT2D eigenvalue weighted by atomic mass is 9.91. The van der Waals surface area contributed by atoms with Gasteiger partial charge in [-0.3, -0.25) is 4.90 Å². The van der Waals surface area contributed by atoms with Gasteiger partial charge in [-0.05, 0) is 18.4 Å². The maximum absolute atomic E-state index is 12.5. The number of hydrogen-bond acceptors (Lipinski definition) is 3. The van der Waals surface area contributed by atoms with Crippen molar-refractivity contribution in [3.8, 4) is 0 Å². The number of ether oxygens (including phenoxy) is 1. The lowest BCUT2D eigenvalue weighted by Crippen LogP contribution is -2.55. The molecule has 0 radical (unpaired) electrons. The molecule has 1 N–H and O–H groups in total. The lowest BCUT2D eigenvalue weighted by molar-refractivity contribution is 0.0542. The minimum absolute atomic E-state index is 0.0776. The molecule has 2 aliphatic heterocycles. The van der Waals surface area contributed by atoms with E-state index < -0.39 is 0 Å². The minimum atomic E-state index is 0.0776. The molecular weight excluding hydrogens is 302 g/mol. The van der Waals surface area contributed by atoms with E-state index in [0.29, 0.717) is 25.1 Å². The minimum Gasteiger partial charge on any atom is -0.379 e. The Morgan fingerprint density at radius 1 is 1.29 bits per heavy atom. The Balaban J connectivity index is 1.62. The molecule has 2 atom stereocenters. The highest BCUT2D eigenvalue weighted by Gasteiger charge is 2.37. The summed E-state index contributed by atoms with van der Waals surface area (Å²) in [6.07, 6.45) is 2.00. The maximum Gasteiger partial charge on any atom is 0.317 e. The molecule has 0 spiro atoms. The van der Waals surface area contributed by atoms with Gasteiger partial charge >= 0.3 is 6.03 Å². The summed E-state index contributed by atoms with van der Waals surface area (Å²) >= 11 is 0. The van der Waals surface area contributed by atoms with E-state index in [1.54, 1.807) is 0 Å². The molecular formula is C19H29N3O2. The molecule has 5 heteroatoms. The van der Waals surface area contributed by atoms with E-state index in [0.717, 1.165) is 45.6 Å². The lowest BCUT2D eigenvalue weighted by Gasteiger charge is -2.42. The summed E-state index contributed by atoms with van der Waals surface area (Å²) in [6.45, 7) is 7.94. The maximum atomic E-state index is 12.5. The Morgan fingerprint density at radius 2 is 2.12 bits per heavy atom. The van der Waals surface area contributed by atoms with Crippen molar-refractivity contribution in [1.82, 2.24) is 15.1 Å². The Morgan fingerprint density at radius 3 is 2.92 bits per heavy atom. The second-order valence-corrected chi connectivity index (χ2v) is 6.84. The van der Waals surface area contributed by atoms with Crippen LogP contribution in [0.25, 0.3) is 0 Å². The van der Waals surface area contributed by atoms with Crippen molar-refractivity contribution in [3.05, 3.63) is 35.9 Å². The number of fused-ring (bicyclic) bond motifs is 1. The van der Waals surface area contributed by atoms with Gasteiger partial charge in [0.05, 0.1) is 13.2 Å². The second kappa shape index (κ2) is 8.49. The van der Waals surface area contributed by atoms with Gasteiger partial charge in [0.15, 0.2) is 0 Å². The number of likely N-dealkylation sites (tertiary alicyclic amines) is 1. The van der Waals surface area contributed by atoms with Crippen molar-refractivity contribution in [2.24, 2.45) is 5.92 Å². The van der Waals surface area contributed by atoms with Crippen molar-refractivity contribution < 1.29 is 9.53 Å². The number of hydrogen-bond donors (Lipinski definition) is 1. The van der Waals surface area contributed by atoms with E-state index in [-0.39, 0.29) is 6.03 Å². The van der Waals surface area contributed by atoms with E-state index >= 15 is 0 Å². The molecule has 2 aliphatic rings. The number of carbonyl (C=O) groups is 1. The molecule has 0 bridgehead atoms. The molecule has 1 aromatic carbocycles. The number of urea groups is 1. The molecule has 0 saturated carbocycles. The van der Waals surface area contributed by atoms with Gasteiger partial charge in [0.1, 0.15) is 0 Å². The number of nitrogens with zero attached hydrogens (tertiary/aromatic N) is 2. The van der Waals surface area contributed by atoms with E-state index in [1.807, 2.05) is 4.90 Å². The number of carbonyl (C=O) groups excluding carboxylic acids is 1. The molecule has 24 heavy (non-hydrogen) atoms. The van der Waals surface area contributed by atoms with Crippen LogP contribution in [0.5, 0.6) is 0 Å². The van der Waals surface area contributed by atoms with Crippen molar-refractivity contribution in [1.29, 1.82) is 0 Å². The first-order valence-corrected chi connectivity index (χ1v) is 9.16. The number of rotatable bonds is 4. The fraction of sp³-hybridized carbons (Fsp3) is 0.632. The van der Waals surface area contributed by atoms with Crippen LogP contribution in [0.3, 0.4) is 0 Å². The molecule has 2 saturated heterocycles. The van der Waals surface area contributed by atoms with Crippen molar-refractivity contribution >= 4 is 6.03 Å². The molecule has 2 fully saturated rings. The largest absolute Gasteiger partial charge is 0.379 e. The zero-order valence-corrected chi connectivity index (χ0v) is 14.6. The monoisotopic (exact) mass is 331 g/mol. The fourth-order valence-electron chi connectivity index (χ4n) is 3.80. The fourth-order valence-corrected chi connectivity index (χ4v) is 3.80. The van der Waals surface area contributed by atoms with Crippen molar-refractivity contribution in [2.75, 3.05) is 39.4 Å². The third-order valence-electron chi connectivity index (χ3n) is 5.02. The number of piperidine rings is 1. The van der Waals surface area contributed by atoms with Crippen LogP contribution >= 0.6 is 0 Å². The highest BCUT2D eigenvalue weighted by Crippen LogP contribution is 2.26. The Labute approximate surface area is 145 Å². The first-order valence-electron chi connectivity index (χ1n) is 9.16. The van der Waals surface area contributed by atoms with Gasteiger partial charge in [0.25, 0.3) is 0 Å². The van der Waals surface area contributed by atoms with Gasteiger partial charge in [-0.1, -0.05) is 37.3 Å². The van der Waals surface area contributed by atoms with Crippen molar-refractivity contribution in [2.45, 2.75) is 32.4 Å². The summed E-state index contributed by atoms with van der Waals surface area (Å²) < 4.78 is 5.80. The van der Waals surface area contributed by atoms with Gasteiger partial charge in [-0.2, -0.15) is 0 Å². The first-order chi connectivity index (χ1) is 11.8. The molecule has 0 aromatic heterocycles. The highest BCUT2D eigenvalue weighted by atomic mass is 16.5. The van der Waals surface area contributed by atoms with Crippen LogP contribution in [0, 0.1) is 5.92 Å². The third kappa shape index (κ3) is 4.28. The molecule has 5 nitrogen and oxygen atoms in total. The smallest absolute Gasteiger partial charge is 0.317 e. The molecule has 1 aromatic rings. The summed E-state index contributed by atoms with van der Waals surface area (Å²) in [5.74, 6) is 0.400. The average Bonchev–Trinajstić information content (AvgIpc) is 2.82. The summed E-state index contributed by atoms with van der Waals surface area (Å²) in [5.41, 5.74) is 1.35. The summed E-state index contributed by atoms with van der Waals surface area (Å²) in [6, 6.07) is 11.0. The predicted octanol–water partition coefficient (Wildman–Crippen LogP) is 2.33. The molecule has 2 heterocycles. The van der Waals surface area contributed by atoms with Gasteiger partial charge < -0.3 is 15.0 Å². The highest BCUT2D eigenvalue weighted by molar-refractivity contribution is 5.74. The summed E-state index contributed by atoms with van der Waals surface area (Å²) in [7, 11) is 0. The SMILES string of the molecule is CCCNC(=O)N1CCOC[C@H]2CN(Cc3ccccc3)CC[C@H]21. The van der Waals surface area contributed by atoms with Crippen LogP contribution in [0.2, 0.25) is 0 Å². The molecule has 0 unspecified atom stereocenters. The van der Waals surface area contributed by atoms with Crippen LogP contribution in [-0.2, 0) is 11.3 Å². The Kier molecular flexibility index (Phi) is 6.10. The summed E-state index contributed by atoms with van der Waals surface area (Å²) in [4.78, 5) is 17.0. The van der Waals surface area contributed by atoms with Crippen molar-refractivity contribution in [3.63, 3.8) is 0 Å². The predicted molar refractivity (Wildman–Crippen MR) is 94.8 cm³/mol. The Hall–Kier alpha value is -1.59. The van der Waals surface area contributed by atoms with Gasteiger partial charge in [-0.25, -0.2) is 4.79 Å². The summed E-state index contributed by atoms with van der Waals surface area (Å²) in [5, 5.41) is 3.03. The third-order valence-corrected chi connectivity index (χ3v) is 5.02. The zero-order valence-electron chi connectivity index (χ0n) is 14.6. The van der Waals surface area contributed by atoms with Gasteiger partial charge in [0.2, 0.25) is 0 Å². The standard InChI is InChI=1S/C19H29N3O2/c1-2-9-20-19(23)22-11-12-24-15-17-14-21(10-8-18(17)22)13-16-6-4-3-5-7-16/h3-7,17-18H,2,8-15H2,1H3,(H,20,23)/t17-,18-/m1/s1. The van der Waals surface area contributed by atoms with E-state index in [9.17, 15) is 4.79 Å². The molecule has 0 aliphatic carbocycles. The second-order valence-electron chi connectivity index (χ2n) is 6.84. The zero-order chi connectivity index (χ0) is 16.8. The van der Waals surface area contributed by atoms with Crippen LogP contribution in [0.4, 0.5) is 4.79 Å². The normalized spacial score (nSPS) is 25.0. The van der Waals surface area contributed by atoms with E-state index in [1.165, 1.54) is 5.56 Å². The van der Waals surface area contributed by atoms with Gasteiger partial charge in [-0.15, -0.1) is 0 Å². The van der Waals surface area contributed by atoms with Gasteiger partial charge in [0, 0.05) is 44.7 Å². The quantitative estimate of drug-likeness (QED) is 0.921. The molecule has 2 amide bonds. The number of benzene rings is 1. The van der Waals surface area contributed by atoms with Crippen LogP contribution in [-0.4, -0.2) is 61.3 Å². The number of amides is 2. The molecule has 3 rings (SSSR count). The van der Waals surface area contributed by atoms with Crippen LogP contribution < -0.4 is 5.32 Å². The Bertz CT molecular complexity index is 523.